The predicted octanol–water partition coefficient (Wildman–Crippen LogP) is 1.56. The van der Waals surface area contributed by atoms with Crippen molar-refractivity contribution in [3.05, 3.63) is 35.9 Å². The van der Waals surface area contributed by atoms with Gasteiger partial charge in [0.25, 0.3) is 0 Å². The van der Waals surface area contributed by atoms with Crippen molar-refractivity contribution in [2.75, 3.05) is 33.4 Å². The van der Waals surface area contributed by atoms with Gasteiger partial charge in [-0.25, -0.2) is 4.99 Å². The normalized spacial score (nSPS) is 12.6. The molecule has 0 aliphatic carbocycles. The number of hydrogen-bond acceptors (Lipinski definition) is 3. The Kier molecular flexibility index (Phi) is 8.43. The van der Waals surface area contributed by atoms with Crippen LogP contribution in [0.5, 0.6) is 0 Å². The van der Waals surface area contributed by atoms with Gasteiger partial charge < -0.3 is 15.5 Å². The van der Waals surface area contributed by atoms with Gasteiger partial charge in [0, 0.05) is 25.9 Å². The number of rotatable bonds is 7. The lowest BCUT2D eigenvalue weighted by Crippen LogP contribution is -2.44. The Labute approximate surface area is 137 Å². The van der Waals surface area contributed by atoms with Crippen molar-refractivity contribution in [2.24, 2.45) is 4.99 Å². The van der Waals surface area contributed by atoms with Crippen LogP contribution in [0.2, 0.25) is 0 Å². The quantitative estimate of drug-likeness (QED) is 0.591. The molecule has 0 radical (unpaired) electrons. The molecule has 0 aliphatic rings. The Morgan fingerprint density at radius 2 is 1.95 bits per heavy atom. The van der Waals surface area contributed by atoms with Crippen LogP contribution < -0.4 is 10.6 Å². The summed E-state index contributed by atoms with van der Waals surface area (Å²) in [6, 6.07) is 10.1. The zero-order valence-electron chi connectivity index (χ0n) is 13.8. The molecule has 0 saturated carbocycles. The van der Waals surface area contributed by atoms with Gasteiger partial charge in [0.15, 0.2) is 5.96 Å². The molecule has 1 rings (SSSR count). The first-order valence-corrected chi connectivity index (χ1v) is 8.60. The van der Waals surface area contributed by atoms with E-state index in [1.165, 1.54) is 0 Å². The van der Waals surface area contributed by atoms with Gasteiger partial charge in [-0.05, 0) is 11.8 Å². The smallest absolute Gasteiger partial charge is 0.241 e. The first-order valence-electron chi connectivity index (χ1n) is 7.32. The molecule has 1 atom stereocenters. The summed E-state index contributed by atoms with van der Waals surface area (Å²) in [4.78, 5) is 17.8. The minimum Gasteiger partial charge on any atom is -0.355 e. The standard InChI is InChI=1S/C16H26N4OS/c1-13(22-4)10-17-16(19-12-15(21)20(2)3)18-11-14-8-6-5-7-9-14/h5-9,13H,10-12H2,1-4H3,(H2,17,18,19). The number of amides is 1. The number of nitrogens with one attached hydrogen (secondary N) is 2. The highest BCUT2D eigenvalue weighted by Gasteiger charge is 2.07. The second-order valence-corrected chi connectivity index (χ2v) is 6.50. The molecule has 5 nitrogen and oxygen atoms in total. The maximum atomic E-state index is 11.7. The number of carbonyl (C=O) groups is 1. The molecule has 0 spiro atoms. The molecule has 0 fully saturated rings. The van der Waals surface area contributed by atoms with E-state index >= 15 is 0 Å². The maximum absolute atomic E-state index is 11.7. The SMILES string of the molecule is CSC(C)CNC(=NCc1ccccc1)NCC(=O)N(C)C. The molecule has 0 heterocycles. The van der Waals surface area contributed by atoms with Gasteiger partial charge in [-0.15, -0.1) is 0 Å². The summed E-state index contributed by atoms with van der Waals surface area (Å²) in [6.45, 7) is 3.77. The van der Waals surface area contributed by atoms with Crippen molar-refractivity contribution in [2.45, 2.75) is 18.7 Å². The Morgan fingerprint density at radius 1 is 1.27 bits per heavy atom. The minimum atomic E-state index is 0.0205. The number of aliphatic imine (C=N–C) groups is 1. The van der Waals surface area contributed by atoms with Gasteiger partial charge in [-0.3, -0.25) is 4.79 Å². The van der Waals surface area contributed by atoms with Crippen LogP contribution in [0.15, 0.2) is 35.3 Å². The average Bonchev–Trinajstić information content (AvgIpc) is 2.54. The average molecular weight is 322 g/mol. The van der Waals surface area contributed by atoms with E-state index in [1.54, 1.807) is 30.8 Å². The van der Waals surface area contributed by atoms with Crippen LogP contribution >= 0.6 is 11.8 Å². The van der Waals surface area contributed by atoms with Crippen molar-refractivity contribution in [3.63, 3.8) is 0 Å². The van der Waals surface area contributed by atoms with Gasteiger partial charge in [-0.2, -0.15) is 11.8 Å². The summed E-state index contributed by atoms with van der Waals surface area (Å²) in [5, 5.41) is 6.85. The van der Waals surface area contributed by atoms with Crippen LogP contribution in [0.25, 0.3) is 0 Å². The molecule has 1 unspecified atom stereocenters. The summed E-state index contributed by atoms with van der Waals surface area (Å²) < 4.78 is 0. The topological polar surface area (TPSA) is 56.7 Å². The third-order valence-electron chi connectivity index (χ3n) is 3.13. The molecule has 22 heavy (non-hydrogen) atoms. The molecular formula is C16H26N4OS. The van der Waals surface area contributed by atoms with E-state index in [0.29, 0.717) is 17.8 Å². The fourth-order valence-electron chi connectivity index (χ4n) is 1.57. The van der Waals surface area contributed by atoms with E-state index in [-0.39, 0.29) is 12.5 Å². The summed E-state index contributed by atoms with van der Waals surface area (Å²) >= 11 is 1.79. The molecule has 1 amide bonds. The number of guanidine groups is 1. The first-order chi connectivity index (χ1) is 10.5. The Hall–Kier alpha value is -1.69. The number of carbonyl (C=O) groups excluding carboxylic acids is 1. The first kappa shape index (κ1) is 18.4. The summed E-state index contributed by atoms with van der Waals surface area (Å²) in [5.41, 5.74) is 1.14. The number of thioether (sulfide) groups is 1. The maximum Gasteiger partial charge on any atom is 0.241 e. The summed E-state index contributed by atoms with van der Waals surface area (Å²) in [7, 11) is 3.49. The van der Waals surface area contributed by atoms with Crippen molar-refractivity contribution in [1.29, 1.82) is 0 Å². The number of nitrogens with zero attached hydrogens (tertiary/aromatic N) is 2. The molecule has 0 aromatic heterocycles. The lowest BCUT2D eigenvalue weighted by molar-refractivity contribution is -0.127. The van der Waals surface area contributed by atoms with E-state index in [9.17, 15) is 4.79 Å². The van der Waals surface area contributed by atoms with E-state index in [4.69, 9.17) is 0 Å². The largest absolute Gasteiger partial charge is 0.355 e. The fourth-order valence-corrected chi connectivity index (χ4v) is 1.82. The highest BCUT2D eigenvalue weighted by atomic mass is 32.2. The Bertz CT molecular complexity index is 476. The molecule has 1 aromatic rings. The molecule has 122 valence electrons. The third-order valence-corrected chi connectivity index (χ3v) is 4.10. The molecule has 0 saturated heterocycles. The van der Waals surface area contributed by atoms with E-state index in [0.717, 1.165) is 12.1 Å². The molecule has 6 heteroatoms. The number of likely N-dealkylation sites (N-methyl/N-ethyl adjacent to an activating group) is 1. The zero-order valence-corrected chi connectivity index (χ0v) is 14.6. The van der Waals surface area contributed by atoms with Gasteiger partial charge >= 0.3 is 0 Å². The molecule has 2 N–H and O–H groups in total. The zero-order chi connectivity index (χ0) is 16.4. The lowest BCUT2D eigenvalue weighted by Gasteiger charge is -2.16. The highest BCUT2D eigenvalue weighted by molar-refractivity contribution is 7.99. The molecule has 0 bridgehead atoms. The van der Waals surface area contributed by atoms with Gasteiger partial charge in [0.05, 0.1) is 13.1 Å². The van der Waals surface area contributed by atoms with Crippen molar-refractivity contribution in [3.8, 4) is 0 Å². The van der Waals surface area contributed by atoms with Crippen LogP contribution in [0.4, 0.5) is 0 Å². The predicted molar refractivity (Wildman–Crippen MR) is 95.3 cm³/mol. The Balaban J connectivity index is 2.61. The van der Waals surface area contributed by atoms with Crippen LogP contribution in [0.1, 0.15) is 12.5 Å². The summed E-state index contributed by atoms with van der Waals surface area (Å²) in [5.74, 6) is 0.687. The van der Waals surface area contributed by atoms with Crippen LogP contribution in [0, 0.1) is 0 Å². The number of benzene rings is 1. The highest BCUT2D eigenvalue weighted by Crippen LogP contribution is 2.03. The monoisotopic (exact) mass is 322 g/mol. The van der Waals surface area contributed by atoms with Crippen LogP contribution in [0.3, 0.4) is 0 Å². The minimum absolute atomic E-state index is 0.0205. The second kappa shape index (κ2) is 10.1. The van der Waals surface area contributed by atoms with E-state index < -0.39 is 0 Å². The molecule has 1 aromatic carbocycles. The molecular weight excluding hydrogens is 296 g/mol. The van der Waals surface area contributed by atoms with Gasteiger partial charge in [-0.1, -0.05) is 37.3 Å². The van der Waals surface area contributed by atoms with Gasteiger partial charge in [0.2, 0.25) is 5.91 Å². The van der Waals surface area contributed by atoms with Crippen molar-refractivity contribution < 1.29 is 4.79 Å². The number of hydrogen-bond donors (Lipinski definition) is 2. The summed E-state index contributed by atoms with van der Waals surface area (Å²) in [6.07, 6.45) is 2.08. The van der Waals surface area contributed by atoms with Gasteiger partial charge in [0.1, 0.15) is 0 Å². The van der Waals surface area contributed by atoms with Crippen LogP contribution in [-0.4, -0.2) is 55.5 Å². The lowest BCUT2D eigenvalue weighted by atomic mass is 10.2. The van der Waals surface area contributed by atoms with E-state index in [1.807, 2.05) is 30.3 Å². The molecule has 0 aliphatic heterocycles. The van der Waals surface area contributed by atoms with E-state index in [2.05, 4.69) is 28.8 Å². The Morgan fingerprint density at radius 3 is 2.55 bits per heavy atom. The van der Waals surface area contributed by atoms with Crippen LogP contribution in [-0.2, 0) is 11.3 Å². The second-order valence-electron chi connectivity index (χ2n) is 5.22. The third kappa shape index (κ3) is 7.36. The van der Waals surface area contributed by atoms with Crippen molar-refractivity contribution in [1.82, 2.24) is 15.5 Å². The fraction of sp³-hybridized carbons (Fsp3) is 0.500. The van der Waals surface area contributed by atoms with Crippen molar-refractivity contribution >= 4 is 23.6 Å².